The maximum Gasteiger partial charge on any atom is 0.333 e. The molecule has 0 bridgehead atoms. The Hall–Kier alpha value is -1.40. The number of methoxy groups -OCH3 is 2. The Balaban J connectivity index is 3.21. The van der Waals surface area contributed by atoms with E-state index in [0.29, 0.717) is 13.2 Å². The lowest BCUT2D eigenvalue weighted by Gasteiger charge is -2.32. The van der Waals surface area contributed by atoms with Gasteiger partial charge in [-0.2, -0.15) is 0 Å². The van der Waals surface area contributed by atoms with Gasteiger partial charge in [-0.15, -0.1) is 0 Å². The van der Waals surface area contributed by atoms with Crippen LogP contribution in [-0.2, 0) is 19.1 Å². The molecular formula is C18H26BrNO4. The molecule has 2 atom stereocenters. The van der Waals surface area contributed by atoms with Gasteiger partial charge < -0.3 is 14.4 Å². The van der Waals surface area contributed by atoms with Gasteiger partial charge in [0.05, 0.1) is 13.7 Å². The van der Waals surface area contributed by atoms with E-state index in [0.717, 1.165) is 22.9 Å². The second-order valence-corrected chi connectivity index (χ2v) is 6.61. The van der Waals surface area contributed by atoms with Crippen molar-refractivity contribution in [2.45, 2.75) is 32.7 Å². The van der Waals surface area contributed by atoms with Crippen LogP contribution < -0.4 is 0 Å². The molecule has 0 spiro atoms. The number of ether oxygens (including phenoxy) is 2. The smallest absolute Gasteiger partial charge is 0.333 e. The van der Waals surface area contributed by atoms with Gasteiger partial charge >= 0.3 is 5.97 Å². The summed E-state index contributed by atoms with van der Waals surface area (Å²) in [4.78, 5) is 26.9. The number of halogens is 1. The normalized spacial score (nSPS) is 13.2. The van der Waals surface area contributed by atoms with E-state index in [1.165, 1.54) is 7.11 Å². The van der Waals surface area contributed by atoms with E-state index >= 15 is 0 Å². The van der Waals surface area contributed by atoms with Gasteiger partial charge in [0.25, 0.3) is 0 Å². The molecule has 5 nitrogen and oxygen atoms in total. The Morgan fingerprint density at radius 1 is 1.21 bits per heavy atom. The van der Waals surface area contributed by atoms with Gasteiger partial charge in [0.1, 0.15) is 0 Å². The van der Waals surface area contributed by atoms with Crippen LogP contribution in [0.2, 0.25) is 0 Å². The summed E-state index contributed by atoms with van der Waals surface area (Å²) in [6, 6.07) is 6.57. The topological polar surface area (TPSA) is 55.8 Å². The summed E-state index contributed by atoms with van der Waals surface area (Å²) in [5.41, 5.74) is 0.721. The number of rotatable bonds is 9. The van der Waals surface area contributed by atoms with Crippen LogP contribution in [0.5, 0.6) is 0 Å². The van der Waals surface area contributed by atoms with Gasteiger partial charge in [-0.1, -0.05) is 48.3 Å². The number of carbonyl (C=O) groups excluding carboxylic acids is 2. The molecule has 1 amide bonds. The average Bonchev–Trinajstić information content (AvgIpc) is 2.58. The Morgan fingerprint density at radius 2 is 1.83 bits per heavy atom. The summed E-state index contributed by atoms with van der Waals surface area (Å²) >= 11 is 3.38. The Morgan fingerprint density at radius 3 is 2.33 bits per heavy atom. The van der Waals surface area contributed by atoms with Crippen molar-refractivity contribution >= 4 is 27.8 Å². The van der Waals surface area contributed by atoms with Crippen molar-refractivity contribution in [3.8, 4) is 0 Å². The van der Waals surface area contributed by atoms with E-state index in [1.807, 2.05) is 38.1 Å². The zero-order valence-corrected chi connectivity index (χ0v) is 16.3. The first-order valence-corrected chi connectivity index (χ1v) is 8.88. The van der Waals surface area contributed by atoms with Crippen molar-refractivity contribution < 1.29 is 19.1 Å². The summed E-state index contributed by atoms with van der Waals surface area (Å²) < 4.78 is 11.0. The lowest BCUT2D eigenvalue weighted by molar-refractivity contribution is -0.155. The van der Waals surface area contributed by atoms with Crippen molar-refractivity contribution in [2.75, 3.05) is 27.4 Å². The lowest BCUT2D eigenvalue weighted by atomic mass is 10.00. The molecule has 0 unspecified atom stereocenters. The highest BCUT2D eigenvalue weighted by atomic mass is 79.9. The van der Waals surface area contributed by atoms with Crippen LogP contribution in [0.3, 0.4) is 0 Å². The fourth-order valence-corrected chi connectivity index (χ4v) is 2.86. The number of benzene rings is 1. The van der Waals surface area contributed by atoms with Gasteiger partial charge in [-0.25, -0.2) is 4.79 Å². The van der Waals surface area contributed by atoms with E-state index in [2.05, 4.69) is 15.9 Å². The molecule has 0 heterocycles. The molecular weight excluding hydrogens is 374 g/mol. The van der Waals surface area contributed by atoms with Crippen LogP contribution >= 0.6 is 15.9 Å². The molecule has 0 aliphatic rings. The molecule has 1 rings (SSSR count). The minimum absolute atomic E-state index is 0.0628. The second-order valence-electron chi connectivity index (χ2n) is 5.69. The first-order valence-electron chi connectivity index (χ1n) is 8.08. The predicted octanol–water partition coefficient (Wildman–Crippen LogP) is 3.57. The first kappa shape index (κ1) is 20.6. The van der Waals surface area contributed by atoms with E-state index < -0.39 is 12.0 Å². The molecule has 0 radical (unpaired) electrons. The minimum Gasteiger partial charge on any atom is -0.467 e. The zero-order chi connectivity index (χ0) is 18.1. The molecule has 1 aromatic rings. The van der Waals surface area contributed by atoms with Gasteiger partial charge in [0.2, 0.25) is 5.91 Å². The van der Waals surface area contributed by atoms with Gasteiger partial charge in [0, 0.05) is 24.0 Å². The van der Waals surface area contributed by atoms with Crippen LogP contribution in [0.1, 0.15) is 38.3 Å². The van der Waals surface area contributed by atoms with Crippen LogP contribution in [0.15, 0.2) is 28.7 Å². The third-order valence-electron chi connectivity index (χ3n) is 3.88. The van der Waals surface area contributed by atoms with E-state index in [4.69, 9.17) is 9.47 Å². The Labute approximate surface area is 152 Å². The Kier molecular flexibility index (Phi) is 9.00. The highest BCUT2D eigenvalue weighted by Crippen LogP contribution is 2.26. The van der Waals surface area contributed by atoms with Gasteiger partial charge in [-0.05, 0) is 24.1 Å². The monoisotopic (exact) mass is 399 g/mol. The molecule has 1 aromatic carbocycles. The summed E-state index contributed by atoms with van der Waals surface area (Å²) in [6.45, 7) is 4.62. The van der Waals surface area contributed by atoms with Crippen molar-refractivity contribution in [3.05, 3.63) is 34.3 Å². The third-order valence-corrected chi connectivity index (χ3v) is 4.41. The van der Waals surface area contributed by atoms with Crippen LogP contribution in [-0.4, -0.2) is 44.1 Å². The number of amides is 1. The standard InChI is InChI=1S/C18H26BrNO4/c1-5-6-13(2)17(21)20(11-12-23-3)16(18(22)24-4)14-7-9-15(19)10-8-14/h7-10,13,16H,5-6,11-12H2,1-4H3/t13-,16-/m0/s1. The van der Waals surface area contributed by atoms with Crippen LogP contribution in [0, 0.1) is 5.92 Å². The van der Waals surface area contributed by atoms with Crippen molar-refractivity contribution in [1.82, 2.24) is 4.90 Å². The SMILES string of the molecule is CCC[C@H](C)C(=O)N(CCOC)[C@H](C(=O)OC)c1ccc(Br)cc1. The first-order chi connectivity index (χ1) is 11.5. The van der Waals surface area contributed by atoms with Crippen molar-refractivity contribution in [2.24, 2.45) is 5.92 Å². The minimum atomic E-state index is -0.773. The molecule has 6 heteroatoms. The predicted molar refractivity (Wildman–Crippen MR) is 96.6 cm³/mol. The number of carbonyl (C=O) groups is 2. The summed E-state index contributed by atoms with van der Waals surface area (Å²) in [6.07, 6.45) is 1.68. The molecule has 0 N–H and O–H groups in total. The van der Waals surface area contributed by atoms with Gasteiger partial charge in [-0.3, -0.25) is 4.79 Å². The largest absolute Gasteiger partial charge is 0.467 e. The molecule has 0 aromatic heterocycles. The maximum atomic E-state index is 12.9. The van der Waals surface area contributed by atoms with Crippen molar-refractivity contribution in [1.29, 1.82) is 0 Å². The highest BCUT2D eigenvalue weighted by molar-refractivity contribution is 9.10. The third kappa shape index (κ3) is 5.60. The second kappa shape index (κ2) is 10.5. The van der Waals surface area contributed by atoms with E-state index in [-0.39, 0.29) is 11.8 Å². The van der Waals surface area contributed by atoms with Gasteiger partial charge in [0.15, 0.2) is 6.04 Å². The molecule has 24 heavy (non-hydrogen) atoms. The average molecular weight is 400 g/mol. The summed E-state index contributed by atoms with van der Waals surface area (Å²) in [5.74, 6) is -0.674. The summed E-state index contributed by atoms with van der Waals surface area (Å²) in [7, 11) is 2.91. The zero-order valence-electron chi connectivity index (χ0n) is 14.8. The van der Waals surface area contributed by atoms with E-state index in [9.17, 15) is 9.59 Å². The van der Waals surface area contributed by atoms with E-state index in [1.54, 1.807) is 12.0 Å². The molecule has 134 valence electrons. The number of esters is 1. The maximum absolute atomic E-state index is 12.9. The quantitative estimate of drug-likeness (QED) is 0.595. The van der Waals surface area contributed by atoms with Crippen molar-refractivity contribution in [3.63, 3.8) is 0 Å². The molecule has 0 aliphatic heterocycles. The number of hydrogen-bond acceptors (Lipinski definition) is 4. The molecule has 0 fully saturated rings. The lowest BCUT2D eigenvalue weighted by Crippen LogP contribution is -2.43. The molecule has 0 aliphatic carbocycles. The highest BCUT2D eigenvalue weighted by Gasteiger charge is 2.33. The molecule has 0 saturated heterocycles. The summed E-state index contributed by atoms with van der Waals surface area (Å²) in [5, 5.41) is 0. The Bertz CT molecular complexity index is 532. The molecule has 0 saturated carbocycles. The fraction of sp³-hybridized carbons (Fsp3) is 0.556. The number of hydrogen-bond donors (Lipinski definition) is 0. The van der Waals surface area contributed by atoms with Crippen LogP contribution in [0.25, 0.3) is 0 Å². The van der Waals surface area contributed by atoms with Crippen LogP contribution in [0.4, 0.5) is 0 Å². The number of nitrogens with zero attached hydrogens (tertiary/aromatic N) is 1. The fourth-order valence-electron chi connectivity index (χ4n) is 2.60.